The molecule has 0 aliphatic rings. The number of sulfonamides is 1. The van der Waals surface area contributed by atoms with E-state index in [0.29, 0.717) is 5.69 Å². The van der Waals surface area contributed by atoms with Crippen molar-refractivity contribution in [2.75, 3.05) is 10.5 Å². The maximum atomic E-state index is 12.6. The Labute approximate surface area is 152 Å². The number of carboxylic acids is 1. The number of nitrogens with one attached hydrogen (secondary N) is 1. The molecule has 132 valence electrons. The first kappa shape index (κ1) is 17.5. The molecule has 2 aromatic heterocycles. The third-order valence-electron chi connectivity index (χ3n) is 3.39. The summed E-state index contributed by atoms with van der Waals surface area (Å²) >= 11 is 0.795. The van der Waals surface area contributed by atoms with Crippen LogP contribution >= 0.6 is 11.3 Å². The van der Waals surface area contributed by atoms with Gasteiger partial charge in [-0.2, -0.15) is 10.4 Å². The minimum Gasteiger partial charge on any atom is -0.478 e. The summed E-state index contributed by atoms with van der Waals surface area (Å²) in [5, 5.41) is 23.2. The Bertz CT molecular complexity index is 1140. The summed E-state index contributed by atoms with van der Waals surface area (Å²) in [6.45, 7) is 0. The molecular formula is C15H11N5O4S2. The highest BCUT2D eigenvalue weighted by molar-refractivity contribution is 7.94. The van der Waals surface area contributed by atoms with Crippen molar-refractivity contribution in [2.24, 2.45) is 0 Å². The van der Waals surface area contributed by atoms with Gasteiger partial charge in [0.05, 0.1) is 23.1 Å². The fourth-order valence-electron chi connectivity index (χ4n) is 2.15. The number of anilines is 2. The molecule has 0 aliphatic carbocycles. The topological polar surface area (TPSA) is 151 Å². The van der Waals surface area contributed by atoms with Crippen LogP contribution in [0, 0.1) is 11.3 Å². The minimum atomic E-state index is -4.01. The van der Waals surface area contributed by atoms with Crippen molar-refractivity contribution in [2.45, 2.75) is 4.21 Å². The molecule has 0 bridgehead atoms. The van der Waals surface area contributed by atoms with E-state index in [1.807, 2.05) is 6.07 Å². The Kier molecular flexibility index (Phi) is 4.37. The van der Waals surface area contributed by atoms with E-state index in [4.69, 9.17) is 16.1 Å². The standard InChI is InChI=1S/C15H11N5O4S2/c16-6-10-7-18-20(14(10)17)12-4-2-1-3-11(12)19-26(23,24)13-5-9(8-25-13)15(21)22/h1-5,7-8,19H,17H2,(H,21,22). The smallest absolute Gasteiger partial charge is 0.336 e. The number of carboxylic acid groups (broad SMARTS) is 1. The number of benzene rings is 1. The Hall–Kier alpha value is -3.36. The molecule has 3 aromatic rings. The molecule has 26 heavy (non-hydrogen) atoms. The van der Waals surface area contributed by atoms with Crippen LogP contribution in [-0.4, -0.2) is 29.3 Å². The van der Waals surface area contributed by atoms with E-state index in [1.165, 1.54) is 22.3 Å². The van der Waals surface area contributed by atoms with Crippen molar-refractivity contribution in [1.29, 1.82) is 5.26 Å². The van der Waals surface area contributed by atoms with Gasteiger partial charge >= 0.3 is 5.97 Å². The second-order valence-electron chi connectivity index (χ2n) is 5.05. The van der Waals surface area contributed by atoms with Crippen LogP contribution in [0.3, 0.4) is 0 Å². The Morgan fingerprint density at radius 1 is 1.38 bits per heavy atom. The molecule has 0 atom stereocenters. The third kappa shape index (κ3) is 3.10. The molecule has 4 N–H and O–H groups in total. The molecule has 2 heterocycles. The number of nitrogens with zero attached hydrogens (tertiary/aromatic N) is 3. The first-order chi connectivity index (χ1) is 12.3. The van der Waals surface area contributed by atoms with Gasteiger partial charge < -0.3 is 10.8 Å². The van der Waals surface area contributed by atoms with E-state index in [2.05, 4.69) is 9.82 Å². The molecule has 0 unspecified atom stereocenters. The summed E-state index contributed by atoms with van der Waals surface area (Å²) in [4.78, 5) is 10.9. The van der Waals surface area contributed by atoms with Crippen LogP contribution in [0.1, 0.15) is 15.9 Å². The van der Waals surface area contributed by atoms with E-state index in [9.17, 15) is 13.2 Å². The summed E-state index contributed by atoms with van der Waals surface area (Å²) < 4.78 is 28.6. The number of hydrogen-bond donors (Lipinski definition) is 3. The average Bonchev–Trinajstić information content (AvgIpc) is 3.22. The number of para-hydroxylation sites is 2. The number of carbonyl (C=O) groups is 1. The van der Waals surface area contributed by atoms with E-state index in [0.717, 1.165) is 17.4 Å². The molecule has 0 saturated carbocycles. The number of nitrogen functional groups attached to an aromatic ring is 1. The number of rotatable bonds is 5. The lowest BCUT2D eigenvalue weighted by atomic mass is 10.2. The number of hydrogen-bond acceptors (Lipinski definition) is 7. The van der Waals surface area contributed by atoms with Crippen LogP contribution in [-0.2, 0) is 10.0 Å². The van der Waals surface area contributed by atoms with Gasteiger partial charge in [-0.15, -0.1) is 11.3 Å². The maximum Gasteiger partial charge on any atom is 0.336 e. The highest BCUT2D eigenvalue weighted by Crippen LogP contribution is 2.28. The summed E-state index contributed by atoms with van der Waals surface area (Å²) in [6, 6.07) is 9.33. The van der Waals surface area contributed by atoms with Gasteiger partial charge in [0.25, 0.3) is 10.0 Å². The van der Waals surface area contributed by atoms with E-state index in [-0.39, 0.29) is 26.8 Å². The number of nitrogens with two attached hydrogens (primary N) is 1. The number of aromatic carboxylic acids is 1. The molecular weight excluding hydrogens is 378 g/mol. The Morgan fingerprint density at radius 3 is 2.73 bits per heavy atom. The van der Waals surface area contributed by atoms with Gasteiger partial charge in [0, 0.05) is 5.38 Å². The van der Waals surface area contributed by atoms with Gasteiger partial charge in [0.1, 0.15) is 21.7 Å². The van der Waals surface area contributed by atoms with Gasteiger partial charge in [-0.1, -0.05) is 12.1 Å². The maximum absolute atomic E-state index is 12.6. The predicted molar refractivity (Wildman–Crippen MR) is 94.8 cm³/mol. The average molecular weight is 389 g/mol. The molecule has 0 aliphatic heterocycles. The van der Waals surface area contributed by atoms with Crippen LogP contribution in [0.25, 0.3) is 5.69 Å². The molecule has 1 aromatic carbocycles. The lowest BCUT2D eigenvalue weighted by Crippen LogP contribution is -2.14. The van der Waals surface area contributed by atoms with Crippen molar-refractivity contribution in [3.8, 4) is 11.8 Å². The Morgan fingerprint density at radius 2 is 2.12 bits per heavy atom. The second kappa shape index (κ2) is 6.51. The normalized spacial score (nSPS) is 11.0. The van der Waals surface area contributed by atoms with E-state index >= 15 is 0 Å². The van der Waals surface area contributed by atoms with Crippen LogP contribution in [0.2, 0.25) is 0 Å². The minimum absolute atomic E-state index is 0.0726. The summed E-state index contributed by atoms with van der Waals surface area (Å²) in [6.07, 6.45) is 1.28. The van der Waals surface area contributed by atoms with Gasteiger partial charge in [0.2, 0.25) is 0 Å². The fraction of sp³-hybridized carbons (Fsp3) is 0. The lowest BCUT2D eigenvalue weighted by Gasteiger charge is -2.12. The molecule has 11 heteroatoms. The highest BCUT2D eigenvalue weighted by Gasteiger charge is 2.21. The molecule has 3 rings (SSSR count). The third-order valence-corrected chi connectivity index (χ3v) is 6.20. The molecule has 9 nitrogen and oxygen atoms in total. The number of nitriles is 1. The summed E-state index contributed by atoms with van der Waals surface area (Å²) in [5.41, 5.74) is 6.41. The highest BCUT2D eigenvalue weighted by atomic mass is 32.2. The summed E-state index contributed by atoms with van der Waals surface area (Å²) in [7, 11) is -4.01. The zero-order chi connectivity index (χ0) is 18.9. The lowest BCUT2D eigenvalue weighted by molar-refractivity contribution is 0.0697. The molecule has 0 saturated heterocycles. The van der Waals surface area contributed by atoms with Crippen molar-refractivity contribution in [3.05, 3.63) is 53.0 Å². The summed E-state index contributed by atoms with van der Waals surface area (Å²) in [5.74, 6) is -1.14. The van der Waals surface area contributed by atoms with Crippen LogP contribution in [0.5, 0.6) is 0 Å². The largest absolute Gasteiger partial charge is 0.478 e. The van der Waals surface area contributed by atoms with Gasteiger partial charge in [-0.05, 0) is 18.2 Å². The van der Waals surface area contributed by atoms with Crippen LogP contribution < -0.4 is 10.5 Å². The van der Waals surface area contributed by atoms with Gasteiger partial charge in [-0.25, -0.2) is 17.9 Å². The Balaban J connectivity index is 2.01. The zero-order valence-corrected chi connectivity index (χ0v) is 14.6. The van der Waals surface area contributed by atoms with E-state index < -0.39 is 16.0 Å². The molecule has 0 amide bonds. The monoisotopic (exact) mass is 389 g/mol. The zero-order valence-electron chi connectivity index (χ0n) is 12.9. The molecule has 0 fully saturated rings. The van der Waals surface area contributed by atoms with Gasteiger partial charge in [-0.3, -0.25) is 4.72 Å². The van der Waals surface area contributed by atoms with Crippen molar-refractivity contribution in [1.82, 2.24) is 9.78 Å². The van der Waals surface area contributed by atoms with Crippen molar-refractivity contribution < 1.29 is 18.3 Å². The quantitative estimate of drug-likeness (QED) is 0.602. The SMILES string of the molecule is N#Cc1cnn(-c2ccccc2NS(=O)(=O)c2cc(C(=O)O)cs2)c1N. The first-order valence-electron chi connectivity index (χ1n) is 7.01. The first-order valence-corrected chi connectivity index (χ1v) is 9.37. The molecule has 0 spiro atoms. The number of aromatic nitrogens is 2. The van der Waals surface area contributed by atoms with Crippen LogP contribution in [0.15, 0.2) is 46.1 Å². The number of thiophene rings is 1. The van der Waals surface area contributed by atoms with Crippen molar-refractivity contribution >= 4 is 38.8 Å². The van der Waals surface area contributed by atoms with E-state index in [1.54, 1.807) is 18.2 Å². The van der Waals surface area contributed by atoms with Crippen molar-refractivity contribution in [3.63, 3.8) is 0 Å². The second-order valence-corrected chi connectivity index (χ2v) is 7.87. The fourth-order valence-corrected chi connectivity index (χ4v) is 4.37. The van der Waals surface area contributed by atoms with Crippen LogP contribution in [0.4, 0.5) is 11.5 Å². The predicted octanol–water partition coefficient (Wildman–Crippen LogP) is 1.89. The molecule has 0 radical (unpaired) electrons. The van der Waals surface area contributed by atoms with Gasteiger partial charge in [0.15, 0.2) is 0 Å².